The van der Waals surface area contributed by atoms with Gasteiger partial charge in [-0.1, -0.05) is 21.6 Å². The zero-order valence-corrected chi connectivity index (χ0v) is 9.31. The highest BCUT2D eigenvalue weighted by molar-refractivity contribution is 8.82. The maximum absolute atomic E-state index is 2.34. The molecule has 0 spiro atoms. The summed E-state index contributed by atoms with van der Waals surface area (Å²) >= 11 is 4.14. The maximum atomic E-state index is 2.34. The van der Waals surface area contributed by atoms with Crippen LogP contribution >= 0.6 is 45.1 Å². The number of hydrogen-bond acceptors (Lipinski definition) is 4. The van der Waals surface area contributed by atoms with Gasteiger partial charge >= 0.3 is 0 Å². The minimum atomic E-state index is 0.580. The minimum Gasteiger partial charge on any atom is -0.140 e. The highest BCUT2D eigenvalue weighted by Gasteiger charge is 2.46. The summed E-state index contributed by atoms with van der Waals surface area (Å²) < 4.78 is 1.16. The quantitative estimate of drug-likeness (QED) is 0.517. The molecule has 58 valence electrons. The van der Waals surface area contributed by atoms with Crippen molar-refractivity contribution in [2.75, 3.05) is 11.5 Å². The predicted molar refractivity (Wildman–Crippen MR) is 56.9 cm³/mol. The summed E-state index contributed by atoms with van der Waals surface area (Å²) in [6.07, 6.45) is 0. The topological polar surface area (TPSA) is 0 Å². The second-order valence-corrected chi connectivity index (χ2v) is 9.62. The monoisotopic (exact) mass is 210 g/mol. The molecular weight excluding hydrogens is 200 g/mol. The lowest BCUT2D eigenvalue weighted by Crippen LogP contribution is -1.96. The lowest BCUT2D eigenvalue weighted by Gasteiger charge is -2.08. The Hall–Kier alpha value is 1.40. The molecule has 0 radical (unpaired) electrons. The number of rotatable bonds is 3. The average Bonchev–Trinajstić information content (AvgIpc) is 2.72. The van der Waals surface area contributed by atoms with Gasteiger partial charge in [-0.3, -0.25) is 0 Å². The Morgan fingerprint density at radius 2 is 1.30 bits per heavy atom. The van der Waals surface area contributed by atoms with E-state index in [1.165, 1.54) is 11.5 Å². The Labute approximate surface area is 78.4 Å². The first-order chi connectivity index (χ1) is 4.62. The second-order valence-electron chi connectivity index (χ2n) is 3.01. The predicted octanol–water partition coefficient (Wildman–Crippen LogP) is 3.29. The molecule has 2 aliphatic rings. The standard InChI is InChI=1S/C6H10S4/c1-5(3-7-5)9-10-6(2)4-8-6/h3-4H2,1-2H3. The number of hydrogen-bond donors (Lipinski definition) is 0. The van der Waals surface area contributed by atoms with Gasteiger partial charge in [0.2, 0.25) is 0 Å². The van der Waals surface area contributed by atoms with E-state index in [0.29, 0.717) is 8.16 Å². The van der Waals surface area contributed by atoms with Crippen molar-refractivity contribution in [3.8, 4) is 0 Å². The third-order valence-electron chi connectivity index (χ3n) is 1.50. The summed E-state index contributed by atoms with van der Waals surface area (Å²) in [5, 5.41) is 0. The molecule has 2 atom stereocenters. The van der Waals surface area contributed by atoms with Crippen LogP contribution in [-0.4, -0.2) is 19.7 Å². The third-order valence-corrected chi connectivity index (χ3v) is 9.49. The van der Waals surface area contributed by atoms with Crippen LogP contribution in [0, 0.1) is 0 Å². The van der Waals surface area contributed by atoms with Crippen LogP contribution in [0.5, 0.6) is 0 Å². The fourth-order valence-corrected chi connectivity index (χ4v) is 5.76. The first-order valence-electron chi connectivity index (χ1n) is 3.27. The Morgan fingerprint density at radius 3 is 1.50 bits per heavy atom. The van der Waals surface area contributed by atoms with Crippen molar-refractivity contribution in [1.29, 1.82) is 0 Å². The molecule has 2 saturated heterocycles. The lowest BCUT2D eigenvalue weighted by molar-refractivity contribution is 1.16. The molecular formula is C6H10S4. The molecule has 2 rings (SSSR count). The van der Waals surface area contributed by atoms with Gasteiger partial charge in [-0.25, -0.2) is 0 Å². The van der Waals surface area contributed by atoms with Crippen LogP contribution in [0.1, 0.15) is 13.8 Å². The van der Waals surface area contributed by atoms with Crippen LogP contribution in [0.15, 0.2) is 0 Å². The van der Waals surface area contributed by atoms with E-state index in [4.69, 9.17) is 0 Å². The summed E-state index contributed by atoms with van der Waals surface area (Å²) in [5.74, 6) is 2.71. The normalized spacial score (nSPS) is 51.0. The van der Waals surface area contributed by atoms with E-state index in [-0.39, 0.29) is 0 Å². The van der Waals surface area contributed by atoms with Crippen molar-refractivity contribution < 1.29 is 0 Å². The van der Waals surface area contributed by atoms with Crippen LogP contribution in [-0.2, 0) is 0 Å². The molecule has 10 heavy (non-hydrogen) atoms. The van der Waals surface area contributed by atoms with Gasteiger partial charge < -0.3 is 0 Å². The second kappa shape index (κ2) is 2.44. The minimum absolute atomic E-state index is 0.580. The van der Waals surface area contributed by atoms with Crippen LogP contribution in [0.2, 0.25) is 0 Å². The molecule has 0 nitrogen and oxygen atoms in total. The van der Waals surface area contributed by atoms with E-state index in [9.17, 15) is 0 Å². The van der Waals surface area contributed by atoms with Gasteiger partial charge in [-0.05, 0) is 13.8 Å². The highest BCUT2D eigenvalue weighted by Crippen LogP contribution is 2.65. The molecule has 4 heteroatoms. The molecule has 0 aliphatic carbocycles. The zero-order chi connectivity index (χ0) is 7.24. The Balaban J connectivity index is 1.72. The molecule has 2 aliphatic heterocycles. The largest absolute Gasteiger partial charge is 0.140 e. The molecule has 0 aromatic rings. The molecule has 0 saturated carbocycles. The Kier molecular flexibility index (Phi) is 1.96. The first-order valence-corrected chi connectivity index (χ1v) is 7.39. The number of thioether (sulfide) groups is 2. The van der Waals surface area contributed by atoms with Gasteiger partial charge in [0.25, 0.3) is 0 Å². The van der Waals surface area contributed by atoms with Crippen LogP contribution in [0.25, 0.3) is 0 Å². The lowest BCUT2D eigenvalue weighted by atomic mass is 10.6. The van der Waals surface area contributed by atoms with Crippen molar-refractivity contribution in [1.82, 2.24) is 0 Å². The summed E-state index contributed by atoms with van der Waals surface area (Å²) in [7, 11) is 4.15. The van der Waals surface area contributed by atoms with Gasteiger partial charge in [-0.15, -0.1) is 23.5 Å². The van der Waals surface area contributed by atoms with Crippen LogP contribution in [0.3, 0.4) is 0 Å². The van der Waals surface area contributed by atoms with Gasteiger partial charge in [0, 0.05) is 11.5 Å². The Morgan fingerprint density at radius 1 is 1.00 bits per heavy atom. The third kappa shape index (κ3) is 1.96. The van der Waals surface area contributed by atoms with Gasteiger partial charge in [0.15, 0.2) is 0 Å². The van der Waals surface area contributed by atoms with Crippen molar-refractivity contribution in [3.05, 3.63) is 0 Å². The Bertz CT molecular complexity index is 130. The fourth-order valence-electron chi connectivity index (χ4n) is 0.476. The molecule has 0 aromatic carbocycles. The van der Waals surface area contributed by atoms with Crippen molar-refractivity contribution >= 4 is 45.1 Å². The van der Waals surface area contributed by atoms with Crippen LogP contribution in [0.4, 0.5) is 0 Å². The molecule has 0 N–H and O–H groups in total. The van der Waals surface area contributed by atoms with Gasteiger partial charge in [0.05, 0.1) is 8.16 Å². The van der Waals surface area contributed by atoms with Crippen molar-refractivity contribution in [2.24, 2.45) is 0 Å². The molecule has 0 aromatic heterocycles. The van der Waals surface area contributed by atoms with E-state index in [0.717, 1.165) is 0 Å². The van der Waals surface area contributed by atoms with Gasteiger partial charge in [0.1, 0.15) is 0 Å². The molecule has 0 amide bonds. The molecule has 0 bridgehead atoms. The van der Waals surface area contributed by atoms with E-state index in [1.807, 2.05) is 0 Å². The summed E-state index contributed by atoms with van der Waals surface area (Å²) in [6, 6.07) is 0. The summed E-state index contributed by atoms with van der Waals surface area (Å²) in [6.45, 7) is 4.68. The average molecular weight is 210 g/mol. The SMILES string of the molecule is CC1(SSC2(C)CS2)CS1. The summed E-state index contributed by atoms with van der Waals surface area (Å²) in [5.41, 5.74) is 0. The smallest absolute Gasteiger partial charge is 0.0777 e. The van der Waals surface area contributed by atoms with E-state index >= 15 is 0 Å². The maximum Gasteiger partial charge on any atom is 0.0777 e. The summed E-state index contributed by atoms with van der Waals surface area (Å²) in [4.78, 5) is 0. The molecule has 2 fully saturated rings. The molecule has 2 unspecified atom stereocenters. The van der Waals surface area contributed by atoms with Crippen molar-refractivity contribution in [3.63, 3.8) is 0 Å². The van der Waals surface area contributed by atoms with E-state index < -0.39 is 0 Å². The molecule has 2 heterocycles. The van der Waals surface area contributed by atoms with E-state index in [2.05, 4.69) is 59.0 Å². The first kappa shape index (κ1) is 8.02. The van der Waals surface area contributed by atoms with Crippen molar-refractivity contribution in [2.45, 2.75) is 22.0 Å². The van der Waals surface area contributed by atoms with Gasteiger partial charge in [-0.2, -0.15) is 0 Å². The van der Waals surface area contributed by atoms with Crippen LogP contribution < -0.4 is 0 Å². The van der Waals surface area contributed by atoms with E-state index in [1.54, 1.807) is 0 Å². The fraction of sp³-hybridized carbons (Fsp3) is 1.00. The highest BCUT2D eigenvalue weighted by atomic mass is 33.1. The zero-order valence-electron chi connectivity index (χ0n) is 6.05.